The van der Waals surface area contributed by atoms with Crippen molar-refractivity contribution in [3.63, 3.8) is 0 Å². The number of benzene rings is 1. The molecule has 0 aliphatic heterocycles. The molecule has 0 aliphatic carbocycles. The first kappa shape index (κ1) is 11.0. The van der Waals surface area contributed by atoms with Gasteiger partial charge in [-0.15, -0.1) is 0 Å². The summed E-state index contributed by atoms with van der Waals surface area (Å²) >= 11 is 0. The van der Waals surface area contributed by atoms with Gasteiger partial charge in [-0.05, 0) is 18.2 Å². The second kappa shape index (κ2) is 3.99. The van der Waals surface area contributed by atoms with E-state index in [-0.39, 0.29) is 5.56 Å². The summed E-state index contributed by atoms with van der Waals surface area (Å²) in [5.41, 5.74) is 4.48. The molecule has 1 unspecified atom stereocenters. The minimum atomic E-state index is -1.86. The summed E-state index contributed by atoms with van der Waals surface area (Å²) in [6.45, 7) is 0. The monoisotopic (exact) mass is 216 g/mol. The fraction of sp³-hybridized carbons (Fsp3) is 0.125. The van der Waals surface area contributed by atoms with Crippen molar-refractivity contribution in [2.75, 3.05) is 0 Å². The highest BCUT2D eigenvalue weighted by molar-refractivity contribution is 5.80. The Hall–Kier alpha value is -2.05. The predicted molar refractivity (Wildman–Crippen MR) is 45.3 cm³/mol. The predicted octanol–water partition coefficient (Wildman–Crippen LogP) is 0.768. The van der Waals surface area contributed by atoms with Crippen molar-refractivity contribution in [3.8, 4) is 0 Å². The van der Waals surface area contributed by atoms with Gasteiger partial charge < -0.3 is 5.73 Å². The molecule has 2 N–H and O–H groups in total. The second-order valence-electron chi connectivity index (χ2n) is 2.76. The number of rotatable bonds is 3. The van der Waals surface area contributed by atoms with Crippen LogP contribution in [0.4, 0.5) is 8.78 Å². The maximum absolute atomic E-state index is 12.7. The molecule has 0 heterocycles. The summed E-state index contributed by atoms with van der Waals surface area (Å²) < 4.78 is 25.2. The standard InChI is InChI=1S/C8H6F2N2O3/c9-5-2-1-4(3-6(5)10)7(8(11)13)12(14)15/h1-3,7H,(H2,11,13). The van der Waals surface area contributed by atoms with E-state index in [0.29, 0.717) is 12.1 Å². The molecule has 0 aromatic heterocycles. The molecule has 1 amide bonds. The number of nitrogens with zero attached hydrogens (tertiary/aromatic N) is 1. The Bertz CT molecular complexity index is 408. The molecule has 0 bridgehead atoms. The Balaban J connectivity index is 3.18. The van der Waals surface area contributed by atoms with Crippen molar-refractivity contribution in [1.29, 1.82) is 0 Å². The lowest BCUT2D eigenvalue weighted by Gasteiger charge is -2.05. The summed E-state index contributed by atoms with van der Waals surface area (Å²) in [4.78, 5) is 20.2. The zero-order chi connectivity index (χ0) is 11.6. The number of nitrogens with two attached hydrogens (primary N) is 1. The lowest BCUT2D eigenvalue weighted by atomic mass is 10.1. The number of primary amides is 1. The maximum Gasteiger partial charge on any atom is 0.314 e. The third-order valence-corrected chi connectivity index (χ3v) is 1.74. The van der Waals surface area contributed by atoms with Crippen LogP contribution in [0.3, 0.4) is 0 Å². The third kappa shape index (κ3) is 2.25. The van der Waals surface area contributed by atoms with Crippen LogP contribution in [0.2, 0.25) is 0 Å². The average Bonchev–Trinajstić information content (AvgIpc) is 2.10. The van der Waals surface area contributed by atoms with Crippen LogP contribution < -0.4 is 5.73 Å². The van der Waals surface area contributed by atoms with Gasteiger partial charge in [-0.25, -0.2) is 8.78 Å². The Morgan fingerprint density at radius 2 is 2.00 bits per heavy atom. The zero-order valence-electron chi connectivity index (χ0n) is 7.31. The molecular formula is C8H6F2N2O3. The number of halogens is 2. The number of carbonyl (C=O) groups is 1. The molecule has 0 aliphatic rings. The van der Waals surface area contributed by atoms with E-state index >= 15 is 0 Å². The van der Waals surface area contributed by atoms with Crippen LogP contribution in [0.15, 0.2) is 18.2 Å². The highest BCUT2D eigenvalue weighted by Gasteiger charge is 2.30. The molecule has 0 saturated heterocycles. The molecule has 7 heteroatoms. The van der Waals surface area contributed by atoms with E-state index in [1.807, 2.05) is 0 Å². The van der Waals surface area contributed by atoms with Gasteiger partial charge in [0.25, 0.3) is 5.91 Å². The van der Waals surface area contributed by atoms with Crippen molar-refractivity contribution in [2.45, 2.75) is 6.04 Å². The van der Waals surface area contributed by atoms with Crippen LogP contribution in [-0.2, 0) is 4.79 Å². The fourth-order valence-electron chi connectivity index (χ4n) is 1.07. The summed E-state index contributed by atoms with van der Waals surface area (Å²) in [6, 6.07) is 0.356. The van der Waals surface area contributed by atoms with Crippen LogP contribution in [0, 0.1) is 21.7 Å². The SMILES string of the molecule is NC(=O)C(c1ccc(F)c(F)c1)[N+](=O)[O-]. The average molecular weight is 216 g/mol. The Morgan fingerprint density at radius 3 is 2.40 bits per heavy atom. The van der Waals surface area contributed by atoms with E-state index in [0.717, 1.165) is 6.07 Å². The molecule has 1 aromatic carbocycles. The van der Waals surface area contributed by atoms with Crippen LogP contribution in [0.1, 0.15) is 11.6 Å². The molecular weight excluding hydrogens is 210 g/mol. The molecule has 5 nitrogen and oxygen atoms in total. The van der Waals surface area contributed by atoms with Gasteiger partial charge in [-0.1, -0.05) is 0 Å². The molecule has 1 rings (SSSR count). The topological polar surface area (TPSA) is 86.2 Å². The van der Waals surface area contributed by atoms with Crippen molar-refractivity contribution in [2.24, 2.45) is 5.73 Å². The largest absolute Gasteiger partial charge is 0.363 e. The first-order valence-corrected chi connectivity index (χ1v) is 3.81. The molecule has 80 valence electrons. The van der Waals surface area contributed by atoms with E-state index in [9.17, 15) is 23.7 Å². The number of hydrogen-bond acceptors (Lipinski definition) is 3. The molecule has 1 atom stereocenters. The first-order chi connectivity index (χ1) is 6.93. The Kier molecular flexibility index (Phi) is 2.93. The minimum Gasteiger partial charge on any atom is -0.363 e. The smallest absolute Gasteiger partial charge is 0.314 e. The molecule has 0 spiro atoms. The number of nitro groups is 1. The molecule has 0 fully saturated rings. The van der Waals surface area contributed by atoms with E-state index < -0.39 is 28.5 Å². The third-order valence-electron chi connectivity index (χ3n) is 1.74. The van der Waals surface area contributed by atoms with E-state index in [4.69, 9.17) is 5.73 Å². The van der Waals surface area contributed by atoms with Crippen LogP contribution >= 0.6 is 0 Å². The number of carbonyl (C=O) groups excluding carboxylic acids is 1. The van der Waals surface area contributed by atoms with Crippen molar-refractivity contribution >= 4 is 5.91 Å². The van der Waals surface area contributed by atoms with Crippen molar-refractivity contribution in [1.82, 2.24) is 0 Å². The number of hydrogen-bond donors (Lipinski definition) is 1. The van der Waals surface area contributed by atoms with Crippen LogP contribution in [0.5, 0.6) is 0 Å². The molecule has 1 aromatic rings. The van der Waals surface area contributed by atoms with Gasteiger partial charge in [0.15, 0.2) is 11.6 Å². The molecule has 0 saturated carbocycles. The van der Waals surface area contributed by atoms with Gasteiger partial charge in [0.05, 0.1) is 0 Å². The lowest BCUT2D eigenvalue weighted by molar-refractivity contribution is -0.513. The maximum atomic E-state index is 12.7. The van der Waals surface area contributed by atoms with Crippen molar-refractivity contribution in [3.05, 3.63) is 45.5 Å². The second-order valence-corrected chi connectivity index (χ2v) is 2.76. The normalized spacial score (nSPS) is 12.1. The van der Waals surface area contributed by atoms with Gasteiger partial charge in [-0.3, -0.25) is 14.9 Å². The lowest BCUT2D eigenvalue weighted by Crippen LogP contribution is -2.27. The summed E-state index contributed by atoms with van der Waals surface area (Å²) in [5.74, 6) is -3.64. The van der Waals surface area contributed by atoms with E-state index in [2.05, 4.69) is 0 Å². The summed E-state index contributed by atoms with van der Waals surface area (Å²) in [7, 11) is 0. The van der Waals surface area contributed by atoms with Gasteiger partial charge in [0.2, 0.25) is 0 Å². The fourth-order valence-corrected chi connectivity index (χ4v) is 1.07. The Morgan fingerprint density at radius 1 is 1.40 bits per heavy atom. The highest BCUT2D eigenvalue weighted by atomic mass is 19.2. The first-order valence-electron chi connectivity index (χ1n) is 3.81. The van der Waals surface area contributed by atoms with Gasteiger partial charge in [-0.2, -0.15) is 0 Å². The van der Waals surface area contributed by atoms with Crippen molar-refractivity contribution < 1.29 is 18.5 Å². The van der Waals surface area contributed by atoms with Gasteiger partial charge in [0.1, 0.15) is 0 Å². The number of amides is 1. The summed E-state index contributed by atoms with van der Waals surface area (Å²) in [6.07, 6.45) is 0. The van der Waals surface area contributed by atoms with Crippen LogP contribution in [0.25, 0.3) is 0 Å². The molecule has 0 radical (unpaired) electrons. The van der Waals surface area contributed by atoms with E-state index in [1.54, 1.807) is 0 Å². The van der Waals surface area contributed by atoms with Gasteiger partial charge in [0, 0.05) is 10.5 Å². The summed E-state index contributed by atoms with van der Waals surface area (Å²) in [5, 5.41) is 10.4. The quantitative estimate of drug-likeness (QED) is 0.597. The van der Waals surface area contributed by atoms with Crippen LogP contribution in [-0.4, -0.2) is 10.8 Å². The highest BCUT2D eigenvalue weighted by Crippen LogP contribution is 2.18. The molecule has 15 heavy (non-hydrogen) atoms. The Labute approximate surface area is 82.6 Å². The minimum absolute atomic E-state index is 0.286. The van der Waals surface area contributed by atoms with E-state index in [1.165, 1.54) is 0 Å². The van der Waals surface area contributed by atoms with Gasteiger partial charge >= 0.3 is 6.04 Å². The zero-order valence-corrected chi connectivity index (χ0v) is 7.31.